The van der Waals surface area contributed by atoms with E-state index in [1.807, 2.05) is 18.5 Å². The van der Waals surface area contributed by atoms with E-state index in [4.69, 9.17) is 4.74 Å². The van der Waals surface area contributed by atoms with Crippen LogP contribution in [0.25, 0.3) is 0 Å². The van der Waals surface area contributed by atoms with Gasteiger partial charge in [-0.1, -0.05) is 0 Å². The monoisotopic (exact) mass is 298 g/mol. The van der Waals surface area contributed by atoms with Crippen molar-refractivity contribution in [1.82, 2.24) is 20.1 Å². The Bertz CT molecular complexity index is 635. The number of nitrogens with one attached hydrogen (secondary N) is 1. The first kappa shape index (κ1) is 13.8. The lowest BCUT2D eigenvalue weighted by Crippen LogP contribution is -2.28. The maximum atomic E-state index is 5.94. The Hall–Kier alpha value is -1.88. The van der Waals surface area contributed by atoms with Crippen LogP contribution in [0.3, 0.4) is 0 Å². The molecule has 22 heavy (non-hydrogen) atoms. The van der Waals surface area contributed by atoms with Gasteiger partial charge in [-0.2, -0.15) is 5.10 Å². The molecule has 1 unspecified atom stereocenters. The molecule has 2 aromatic heterocycles. The molecule has 0 bridgehead atoms. The molecule has 1 N–H and O–H groups in total. The average Bonchev–Trinajstić information content (AvgIpc) is 2.98. The number of aryl methyl sites for hydroxylation is 1. The minimum atomic E-state index is 0.370. The summed E-state index contributed by atoms with van der Waals surface area (Å²) in [7, 11) is 0. The van der Waals surface area contributed by atoms with Crippen LogP contribution in [0.2, 0.25) is 0 Å². The molecule has 0 saturated heterocycles. The molecule has 1 fully saturated rings. The van der Waals surface area contributed by atoms with E-state index in [9.17, 15) is 0 Å². The fourth-order valence-corrected chi connectivity index (χ4v) is 3.16. The quantitative estimate of drug-likeness (QED) is 0.922. The van der Waals surface area contributed by atoms with Crippen molar-refractivity contribution in [2.24, 2.45) is 0 Å². The highest BCUT2D eigenvalue weighted by Gasteiger charge is 2.21. The van der Waals surface area contributed by atoms with Crippen LogP contribution in [0, 0.1) is 0 Å². The Balaban J connectivity index is 1.39. The second kappa shape index (κ2) is 6.08. The van der Waals surface area contributed by atoms with Gasteiger partial charge in [0.15, 0.2) is 0 Å². The first-order valence-corrected chi connectivity index (χ1v) is 8.25. The summed E-state index contributed by atoms with van der Waals surface area (Å²) in [6.45, 7) is 1.79. The summed E-state index contributed by atoms with van der Waals surface area (Å²) in [5.74, 6) is 0.949. The number of hydrogen-bond acceptors (Lipinski definition) is 4. The SMILES string of the molecule is c1cc(OC2CCC2)cc(CNC2CCCn3nccc32)n1. The normalized spacial score (nSPS) is 21.2. The summed E-state index contributed by atoms with van der Waals surface area (Å²) in [5, 5.41) is 7.98. The Kier molecular flexibility index (Phi) is 3.81. The topological polar surface area (TPSA) is 52.0 Å². The van der Waals surface area contributed by atoms with Crippen LogP contribution in [-0.4, -0.2) is 20.9 Å². The third kappa shape index (κ3) is 2.86. The van der Waals surface area contributed by atoms with Crippen LogP contribution in [0.5, 0.6) is 5.75 Å². The molecular weight excluding hydrogens is 276 g/mol. The van der Waals surface area contributed by atoms with Crippen LogP contribution in [0.15, 0.2) is 30.6 Å². The maximum Gasteiger partial charge on any atom is 0.123 e. The molecule has 0 aromatic carbocycles. The smallest absolute Gasteiger partial charge is 0.123 e. The number of rotatable bonds is 5. The fraction of sp³-hybridized carbons (Fsp3) is 0.529. The third-order valence-electron chi connectivity index (χ3n) is 4.64. The molecule has 3 heterocycles. The van der Waals surface area contributed by atoms with E-state index in [0.29, 0.717) is 12.1 Å². The summed E-state index contributed by atoms with van der Waals surface area (Å²) in [5.41, 5.74) is 2.32. The van der Waals surface area contributed by atoms with E-state index in [0.717, 1.165) is 31.0 Å². The van der Waals surface area contributed by atoms with Crippen molar-refractivity contribution in [2.75, 3.05) is 0 Å². The Morgan fingerprint density at radius 2 is 2.14 bits per heavy atom. The molecule has 0 radical (unpaired) electrons. The fourth-order valence-electron chi connectivity index (χ4n) is 3.16. The average molecular weight is 298 g/mol. The van der Waals surface area contributed by atoms with E-state index in [1.54, 1.807) is 0 Å². The van der Waals surface area contributed by atoms with Crippen molar-refractivity contribution in [2.45, 2.75) is 57.3 Å². The Morgan fingerprint density at radius 1 is 1.18 bits per heavy atom. The number of pyridine rings is 1. The van der Waals surface area contributed by atoms with Crippen molar-refractivity contribution in [1.29, 1.82) is 0 Å². The van der Waals surface area contributed by atoms with Gasteiger partial charge in [0.1, 0.15) is 5.75 Å². The van der Waals surface area contributed by atoms with Crippen molar-refractivity contribution in [3.8, 4) is 5.75 Å². The molecule has 116 valence electrons. The summed E-state index contributed by atoms with van der Waals surface area (Å²) < 4.78 is 8.05. The van der Waals surface area contributed by atoms with Crippen LogP contribution >= 0.6 is 0 Å². The standard InChI is InChI=1S/C17H22N4O/c1-3-14(4-1)22-15-6-8-18-13(11-15)12-19-16-5-2-10-21-17(16)7-9-20-21/h6-9,11,14,16,19H,1-5,10,12H2. The molecule has 1 aliphatic carbocycles. The van der Waals surface area contributed by atoms with Gasteiger partial charge < -0.3 is 10.1 Å². The second-order valence-corrected chi connectivity index (χ2v) is 6.21. The van der Waals surface area contributed by atoms with Gasteiger partial charge in [0.05, 0.1) is 17.5 Å². The van der Waals surface area contributed by atoms with E-state index in [2.05, 4.69) is 32.2 Å². The molecule has 2 aliphatic rings. The molecule has 5 heteroatoms. The molecule has 4 rings (SSSR count). The lowest BCUT2D eigenvalue weighted by molar-refractivity contribution is 0.120. The summed E-state index contributed by atoms with van der Waals surface area (Å²) in [6.07, 6.45) is 10.1. The largest absolute Gasteiger partial charge is 0.490 e. The number of fused-ring (bicyclic) bond motifs is 1. The van der Waals surface area contributed by atoms with E-state index in [1.165, 1.54) is 31.4 Å². The maximum absolute atomic E-state index is 5.94. The van der Waals surface area contributed by atoms with Crippen LogP contribution < -0.4 is 10.1 Å². The minimum absolute atomic E-state index is 0.370. The second-order valence-electron chi connectivity index (χ2n) is 6.21. The molecule has 0 amide bonds. The first-order valence-electron chi connectivity index (χ1n) is 8.25. The van der Waals surface area contributed by atoms with E-state index < -0.39 is 0 Å². The lowest BCUT2D eigenvalue weighted by atomic mass is 9.96. The first-order chi connectivity index (χ1) is 10.9. The highest BCUT2D eigenvalue weighted by Crippen LogP contribution is 2.26. The third-order valence-corrected chi connectivity index (χ3v) is 4.64. The van der Waals surface area contributed by atoms with Gasteiger partial charge in [-0.15, -0.1) is 0 Å². The van der Waals surface area contributed by atoms with E-state index >= 15 is 0 Å². The van der Waals surface area contributed by atoms with Crippen LogP contribution in [0.4, 0.5) is 0 Å². The van der Waals surface area contributed by atoms with Crippen molar-refractivity contribution in [3.05, 3.63) is 42.0 Å². The zero-order valence-corrected chi connectivity index (χ0v) is 12.7. The van der Waals surface area contributed by atoms with Gasteiger partial charge in [0.2, 0.25) is 0 Å². The van der Waals surface area contributed by atoms with Gasteiger partial charge in [0, 0.05) is 37.6 Å². The van der Waals surface area contributed by atoms with Gasteiger partial charge in [-0.25, -0.2) is 0 Å². The van der Waals surface area contributed by atoms with Gasteiger partial charge in [-0.05, 0) is 44.2 Å². The van der Waals surface area contributed by atoms with Crippen LogP contribution in [-0.2, 0) is 13.1 Å². The zero-order chi connectivity index (χ0) is 14.8. The van der Waals surface area contributed by atoms with Crippen molar-refractivity contribution >= 4 is 0 Å². The number of nitrogens with zero attached hydrogens (tertiary/aromatic N) is 3. The molecule has 1 saturated carbocycles. The van der Waals surface area contributed by atoms with Gasteiger partial charge in [-0.3, -0.25) is 9.67 Å². The van der Waals surface area contributed by atoms with Crippen LogP contribution in [0.1, 0.15) is 49.5 Å². The molecular formula is C17H22N4O. The lowest BCUT2D eigenvalue weighted by Gasteiger charge is -2.26. The Morgan fingerprint density at radius 3 is 3.00 bits per heavy atom. The molecule has 5 nitrogen and oxygen atoms in total. The number of hydrogen-bond donors (Lipinski definition) is 1. The minimum Gasteiger partial charge on any atom is -0.490 e. The van der Waals surface area contributed by atoms with E-state index in [-0.39, 0.29) is 0 Å². The summed E-state index contributed by atoms with van der Waals surface area (Å²) >= 11 is 0. The number of aromatic nitrogens is 3. The predicted octanol–water partition coefficient (Wildman–Crippen LogP) is 2.83. The molecule has 0 spiro atoms. The molecule has 1 aliphatic heterocycles. The predicted molar refractivity (Wildman–Crippen MR) is 83.5 cm³/mol. The highest BCUT2D eigenvalue weighted by molar-refractivity contribution is 5.23. The number of ether oxygens (including phenoxy) is 1. The summed E-state index contributed by atoms with van der Waals surface area (Å²) in [4.78, 5) is 4.45. The Labute approximate surface area is 130 Å². The van der Waals surface area contributed by atoms with Gasteiger partial charge in [0.25, 0.3) is 0 Å². The molecule has 1 atom stereocenters. The van der Waals surface area contributed by atoms with Crippen molar-refractivity contribution in [3.63, 3.8) is 0 Å². The highest BCUT2D eigenvalue weighted by atomic mass is 16.5. The molecule has 2 aromatic rings. The van der Waals surface area contributed by atoms with Gasteiger partial charge >= 0.3 is 0 Å². The van der Waals surface area contributed by atoms with Crippen molar-refractivity contribution < 1.29 is 4.74 Å². The summed E-state index contributed by atoms with van der Waals surface area (Å²) in [6, 6.07) is 6.50. The zero-order valence-electron chi connectivity index (χ0n) is 12.7.